The maximum Gasteiger partial charge on any atom is 0.248 e. The molecule has 1 fully saturated rings. The van der Waals surface area contributed by atoms with E-state index >= 15 is 0 Å². The summed E-state index contributed by atoms with van der Waals surface area (Å²) in [7, 11) is 3.45. The third-order valence-electron chi connectivity index (χ3n) is 8.08. The number of hydrogen-bond acceptors (Lipinski definition) is 6. The van der Waals surface area contributed by atoms with E-state index < -0.39 is 6.61 Å². The molecule has 2 aliphatic carbocycles. The van der Waals surface area contributed by atoms with Crippen molar-refractivity contribution in [1.82, 2.24) is 25.1 Å². The number of aromatic amines is 1. The van der Waals surface area contributed by atoms with Crippen LogP contribution in [-0.4, -0.2) is 62.9 Å². The summed E-state index contributed by atoms with van der Waals surface area (Å²) in [6, 6.07) is 12.7. The SMILES string of the molecule is COc1cc2[nH]nc(-c3ccc(C4CCC(N(C)C(=O)CO)C4)nc3)c2nc1-c1cccc2c1CCC2. The van der Waals surface area contributed by atoms with Crippen molar-refractivity contribution in [3.63, 3.8) is 0 Å². The van der Waals surface area contributed by atoms with Crippen molar-refractivity contribution in [2.45, 2.75) is 50.5 Å². The molecule has 1 amide bonds. The second-order valence-corrected chi connectivity index (χ2v) is 10.1. The number of methoxy groups -OCH3 is 1. The monoisotopic (exact) mass is 497 g/mol. The van der Waals surface area contributed by atoms with Crippen LogP contribution in [0.2, 0.25) is 0 Å². The third-order valence-corrected chi connectivity index (χ3v) is 8.08. The quantitative estimate of drug-likeness (QED) is 0.412. The third kappa shape index (κ3) is 4.15. The lowest BCUT2D eigenvalue weighted by atomic mass is 9.99. The molecule has 37 heavy (non-hydrogen) atoms. The van der Waals surface area contributed by atoms with Crippen molar-refractivity contribution in [3.05, 3.63) is 59.4 Å². The number of carbonyl (C=O) groups is 1. The zero-order chi connectivity index (χ0) is 25.5. The number of fused-ring (bicyclic) bond motifs is 2. The highest BCUT2D eigenvalue weighted by atomic mass is 16.5. The summed E-state index contributed by atoms with van der Waals surface area (Å²) in [6.07, 6.45) is 7.94. The average molecular weight is 498 g/mol. The van der Waals surface area contributed by atoms with Gasteiger partial charge in [-0.1, -0.05) is 18.2 Å². The first kappa shape index (κ1) is 23.6. The summed E-state index contributed by atoms with van der Waals surface area (Å²) < 4.78 is 5.74. The number of hydrogen-bond donors (Lipinski definition) is 2. The van der Waals surface area contributed by atoms with E-state index in [1.54, 1.807) is 19.1 Å². The molecule has 4 aromatic rings. The number of amides is 1. The van der Waals surface area contributed by atoms with Gasteiger partial charge in [-0.25, -0.2) is 4.98 Å². The van der Waals surface area contributed by atoms with Gasteiger partial charge in [0, 0.05) is 48.1 Å². The summed E-state index contributed by atoms with van der Waals surface area (Å²) in [5, 5.41) is 16.9. The second kappa shape index (κ2) is 9.59. The predicted molar refractivity (Wildman–Crippen MR) is 141 cm³/mol. The topological polar surface area (TPSA) is 104 Å². The standard InChI is InChI=1S/C29H31N5O3/c1-34(26(36)16-35)20-11-9-18(13-20)23-12-10-19(15-30-23)27-29-24(32-33-27)14-25(37-2)28(31-29)22-8-4-6-17-5-3-7-21(17)22/h4,6,8,10,12,14-15,18,20,35H,3,5,7,9,11,13,16H2,1-2H3,(H,32,33). The number of aromatic nitrogens is 4. The van der Waals surface area contributed by atoms with Gasteiger partial charge in [-0.3, -0.25) is 14.9 Å². The van der Waals surface area contributed by atoms with Crippen LogP contribution >= 0.6 is 0 Å². The number of nitrogens with zero attached hydrogens (tertiary/aromatic N) is 4. The van der Waals surface area contributed by atoms with Gasteiger partial charge in [-0.2, -0.15) is 5.10 Å². The highest BCUT2D eigenvalue weighted by Crippen LogP contribution is 2.39. The molecule has 2 aliphatic rings. The van der Waals surface area contributed by atoms with Crippen LogP contribution in [0.5, 0.6) is 5.75 Å². The number of aliphatic hydroxyl groups excluding tert-OH is 1. The number of ether oxygens (including phenoxy) is 1. The normalized spacial score (nSPS) is 18.8. The Balaban J connectivity index is 1.31. The minimum atomic E-state index is -0.448. The number of nitrogens with one attached hydrogen (secondary N) is 1. The Labute approximate surface area is 215 Å². The van der Waals surface area contributed by atoms with Gasteiger partial charge in [0.25, 0.3) is 0 Å². The van der Waals surface area contributed by atoms with E-state index in [4.69, 9.17) is 14.7 Å². The molecule has 2 atom stereocenters. The molecule has 0 bridgehead atoms. The molecule has 8 nitrogen and oxygen atoms in total. The molecule has 1 saturated carbocycles. The number of H-pyrrole nitrogens is 1. The average Bonchev–Trinajstić information content (AvgIpc) is 3.70. The summed E-state index contributed by atoms with van der Waals surface area (Å²) in [5.74, 6) is 0.790. The maximum absolute atomic E-state index is 11.9. The van der Waals surface area contributed by atoms with E-state index in [2.05, 4.69) is 40.5 Å². The van der Waals surface area contributed by atoms with E-state index in [1.807, 2.05) is 12.3 Å². The summed E-state index contributed by atoms with van der Waals surface area (Å²) in [5.41, 5.74) is 9.05. The molecule has 0 saturated heterocycles. The number of carbonyl (C=O) groups excluding carboxylic acids is 1. The fourth-order valence-electron chi connectivity index (χ4n) is 6.00. The van der Waals surface area contributed by atoms with Crippen LogP contribution in [-0.2, 0) is 17.6 Å². The first-order chi connectivity index (χ1) is 18.1. The van der Waals surface area contributed by atoms with Crippen LogP contribution in [0.3, 0.4) is 0 Å². The lowest BCUT2D eigenvalue weighted by molar-refractivity contribution is -0.134. The van der Waals surface area contributed by atoms with E-state index in [0.717, 1.165) is 77.1 Å². The van der Waals surface area contributed by atoms with E-state index in [-0.39, 0.29) is 17.9 Å². The lowest BCUT2D eigenvalue weighted by Gasteiger charge is -2.23. The van der Waals surface area contributed by atoms with Crippen molar-refractivity contribution in [2.24, 2.45) is 0 Å². The van der Waals surface area contributed by atoms with Gasteiger partial charge in [-0.05, 0) is 61.8 Å². The Hall–Kier alpha value is -3.78. The molecule has 0 aliphatic heterocycles. The Bertz CT molecular complexity index is 1460. The van der Waals surface area contributed by atoms with E-state index in [0.29, 0.717) is 0 Å². The Kier molecular flexibility index (Phi) is 6.12. The molecule has 1 aromatic carbocycles. The Morgan fingerprint density at radius 3 is 2.86 bits per heavy atom. The minimum absolute atomic E-state index is 0.137. The summed E-state index contributed by atoms with van der Waals surface area (Å²) in [4.78, 5) is 23.4. The highest BCUT2D eigenvalue weighted by molar-refractivity contribution is 5.93. The number of aliphatic hydroxyl groups is 1. The second-order valence-electron chi connectivity index (χ2n) is 10.1. The fraction of sp³-hybridized carbons (Fsp3) is 0.379. The number of benzene rings is 1. The summed E-state index contributed by atoms with van der Waals surface area (Å²) in [6.45, 7) is -0.448. The first-order valence-electron chi connectivity index (χ1n) is 12.9. The predicted octanol–water partition coefficient (Wildman–Crippen LogP) is 4.27. The molecule has 2 unspecified atom stereocenters. The molecule has 8 heteroatoms. The van der Waals surface area contributed by atoms with Crippen molar-refractivity contribution in [1.29, 1.82) is 0 Å². The number of rotatable bonds is 6. The van der Waals surface area contributed by atoms with Gasteiger partial charge in [0.15, 0.2) is 0 Å². The van der Waals surface area contributed by atoms with Crippen LogP contribution in [0.25, 0.3) is 33.5 Å². The first-order valence-corrected chi connectivity index (χ1v) is 12.9. The zero-order valence-electron chi connectivity index (χ0n) is 21.2. The van der Waals surface area contributed by atoms with Crippen LogP contribution in [0, 0.1) is 0 Å². The van der Waals surface area contributed by atoms with Gasteiger partial charge in [-0.15, -0.1) is 0 Å². The van der Waals surface area contributed by atoms with Crippen molar-refractivity contribution in [3.8, 4) is 28.3 Å². The van der Waals surface area contributed by atoms with Crippen LogP contribution in [0.1, 0.15) is 48.4 Å². The highest BCUT2D eigenvalue weighted by Gasteiger charge is 2.31. The number of aryl methyl sites for hydroxylation is 1. The lowest BCUT2D eigenvalue weighted by Crippen LogP contribution is -2.37. The number of pyridine rings is 2. The zero-order valence-corrected chi connectivity index (χ0v) is 21.2. The molecule has 2 N–H and O–H groups in total. The van der Waals surface area contributed by atoms with E-state index in [9.17, 15) is 9.90 Å². The molecule has 0 spiro atoms. The van der Waals surface area contributed by atoms with Crippen LogP contribution < -0.4 is 4.74 Å². The Morgan fingerprint density at radius 2 is 2.08 bits per heavy atom. The van der Waals surface area contributed by atoms with Gasteiger partial charge >= 0.3 is 0 Å². The van der Waals surface area contributed by atoms with Gasteiger partial charge in [0.05, 0.1) is 12.6 Å². The minimum Gasteiger partial charge on any atom is -0.494 e. The van der Waals surface area contributed by atoms with Crippen molar-refractivity contribution < 1.29 is 14.6 Å². The van der Waals surface area contributed by atoms with Crippen LogP contribution in [0.15, 0.2) is 42.6 Å². The van der Waals surface area contributed by atoms with Crippen molar-refractivity contribution in [2.75, 3.05) is 20.8 Å². The molecule has 3 heterocycles. The van der Waals surface area contributed by atoms with Gasteiger partial charge in [0.2, 0.25) is 5.91 Å². The smallest absolute Gasteiger partial charge is 0.248 e. The maximum atomic E-state index is 11.9. The van der Waals surface area contributed by atoms with E-state index in [1.165, 1.54) is 17.5 Å². The number of likely N-dealkylation sites (N-methyl/N-ethyl adjacent to an activating group) is 1. The van der Waals surface area contributed by atoms with Crippen molar-refractivity contribution >= 4 is 16.9 Å². The van der Waals surface area contributed by atoms with Gasteiger partial charge in [0.1, 0.15) is 29.3 Å². The van der Waals surface area contributed by atoms with Crippen LogP contribution in [0.4, 0.5) is 0 Å². The summed E-state index contributed by atoms with van der Waals surface area (Å²) >= 11 is 0. The molecular formula is C29H31N5O3. The molecule has 190 valence electrons. The molecule has 0 radical (unpaired) electrons. The van der Waals surface area contributed by atoms with Gasteiger partial charge < -0.3 is 14.7 Å². The molecular weight excluding hydrogens is 466 g/mol. The fourth-order valence-corrected chi connectivity index (χ4v) is 6.00. The molecule has 3 aromatic heterocycles. The Morgan fingerprint density at radius 1 is 1.19 bits per heavy atom. The largest absolute Gasteiger partial charge is 0.494 e. The molecule has 6 rings (SSSR count).